The van der Waals surface area contributed by atoms with E-state index >= 15 is 0 Å². The van der Waals surface area contributed by atoms with Crippen LogP contribution in [0, 0.1) is 0 Å². The van der Waals surface area contributed by atoms with Gasteiger partial charge < -0.3 is 24.0 Å². The van der Waals surface area contributed by atoms with Gasteiger partial charge in [-0.25, -0.2) is 0 Å². The number of nitrogens with zero attached hydrogens (tertiary/aromatic N) is 2. The quantitative estimate of drug-likeness (QED) is 0.379. The molecule has 8 heteroatoms. The van der Waals surface area contributed by atoms with Gasteiger partial charge in [-0.1, -0.05) is 12.1 Å². The SMILES string of the molecule is COCCCN(CC(=O)N1CCc2sccc2C1c1ccc(OC)cc1)C(=O)c1ccc(OC)cc1. The molecule has 1 aliphatic rings. The van der Waals surface area contributed by atoms with E-state index in [0.717, 1.165) is 23.3 Å². The van der Waals surface area contributed by atoms with Crippen LogP contribution in [0.2, 0.25) is 0 Å². The molecule has 0 bridgehead atoms. The molecule has 0 spiro atoms. The molecule has 3 aromatic rings. The molecule has 0 radical (unpaired) electrons. The summed E-state index contributed by atoms with van der Waals surface area (Å²) in [6, 6.07) is 16.7. The highest BCUT2D eigenvalue weighted by Gasteiger charge is 2.34. The standard InChI is InChI=1S/C28H32N2O5S/c1-33-17-4-15-29(28(32)21-7-11-23(35-3)12-8-21)19-26(31)30-16-13-25-24(14-18-36-25)27(30)20-5-9-22(34-2)10-6-20/h5-12,14,18,27H,4,13,15-17,19H2,1-3H3. The lowest BCUT2D eigenvalue weighted by molar-refractivity contribution is -0.134. The zero-order valence-electron chi connectivity index (χ0n) is 20.9. The number of hydrogen-bond donors (Lipinski definition) is 0. The summed E-state index contributed by atoms with van der Waals surface area (Å²) in [7, 11) is 4.86. The van der Waals surface area contributed by atoms with Crippen molar-refractivity contribution < 1.29 is 23.8 Å². The maximum absolute atomic E-state index is 13.8. The van der Waals surface area contributed by atoms with Gasteiger partial charge in [0.15, 0.2) is 0 Å². The summed E-state index contributed by atoms with van der Waals surface area (Å²) in [6.45, 7) is 1.54. The Bertz CT molecular complexity index is 1160. The minimum Gasteiger partial charge on any atom is -0.497 e. The lowest BCUT2D eigenvalue weighted by atomic mass is 9.93. The second-order valence-electron chi connectivity index (χ2n) is 8.61. The zero-order valence-corrected chi connectivity index (χ0v) is 21.8. The fourth-order valence-corrected chi connectivity index (χ4v) is 5.46. The number of thiophene rings is 1. The molecule has 1 atom stereocenters. The van der Waals surface area contributed by atoms with Gasteiger partial charge in [0.1, 0.15) is 18.0 Å². The highest BCUT2D eigenvalue weighted by Crippen LogP contribution is 2.38. The Hall–Kier alpha value is -3.36. The van der Waals surface area contributed by atoms with Crippen molar-refractivity contribution in [2.45, 2.75) is 18.9 Å². The predicted octanol–water partition coefficient (Wildman–Crippen LogP) is 4.42. The van der Waals surface area contributed by atoms with Crippen LogP contribution in [0.3, 0.4) is 0 Å². The van der Waals surface area contributed by atoms with E-state index in [9.17, 15) is 9.59 Å². The van der Waals surface area contributed by atoms with Gasteiger partial charge >= 0.3 is 0 Å². The molecular formula is C28H32N2O5S. The fraction of sp³-hybridized carbons (Fsp3) is 0.357. The number of fused-ring (bicyclic) bond motifs is 1. The van der Waals surface area contributed by atoms with E-state index in [2.05, 4.69) is 11.4 Å². The number of methoxy groups -OCH3 is 3. The average Bonchev–Trinajstić information content (AvgIpc) is 3.41. The first-order chi connectivity index (χ1) is 17.5. The summed E-state index contributed by atoms with van der Waals surface area (Å²) in [5.41, 5.74) is 2.69. The molecule has 1 unspecified atom stereocenters. The Morgan fingerprint density at radius 2 is 1.64 bits per heavy atom. The molecule has 0 saturated carbocycles. The molecule has 2 aromatic carbocycles. The van der Waals surface area contributed by atoms with E-state index in [0.29, 0.717) is 37.4 Å². The van der Waals surface area contributed by atoms with Gasteiger partial charge in [-0.3, -0.25) is 9.59 Å². The zero-order chi connectivity index (χ0) is 25.5. The van der Waals surface area contributed by atoms with Crippen LogP contribution < -0.4 is 9.47 Å². The van der Waals surface area contributed by atoms with Crippen molar-refractivity contribution in [1.82, 2.24) is 9.80 Å². The number of carbonyl (C=O) groups is 2. The molecule has 2 heterocycles. The van der Waals surface area contributed by atoms with Crippen molar-refractivity contribution in [2.75, 3.05) is 47.6 Å². The maximum atomic E-state index is 13.8. The third kappa shape index (κ3) is 5.71. The van der Waals surface area contributed by atoms with Crippen LogP contribution in [0.25, 0.3) is 0 Å². The lowest BCUT2D eigenvalue weighted by Gasteiger charge is -2.37. The van der Waals surface area contributed by atoms with Gasteiger partial charge in [0, 0.05) is 37.2 Å². The molecule has 36 heavy (non-hydrogen) atoms. The van der Waals surface area contributed by atoms with Crippen LogP contribution >= 0.6 is 11.3 Å². The predicted molar refractivity (Wildman–Crippen MR) is 140 cm³/mol. The monoisotopic (exact) mass is 508 g/mol. The summed E-state index contributed by atoms with van der Waals surface area (Å²) in [6.07, 6.45) is 1.45. The van der Waals surface area contributed by atoms with Gasteiger partial charge in [-0.2, -0.15) is 0 Å². The van der Waals surface area contributed by atoms with Gasteiger partial charge in [-0.05, 0) is 71.8 Å². The first-order valence-corrected chi connectivity index (χ1v) is 12.9. The van der Waals surface area contributed by atoms with Crippen molar-refractivity contribution in [1.29, 1.82) is 0 Å². The van der Waals surface area contributed by atoms with E-state index < -0.39 is 0 Å². The number of ether oxygens (including phenoxy) is 3. The molecule has 1 aliphatic heterocycles. The minimum atomic E-state index is -0.199. The minimum absolute atomic E-state index is 0.000696. The first-order valence-electron chi connectivity index (χ1n) is 12.0. The fourth-order valence-electron chi connectivity index (χ4n) is 4.55. The number of hydrogen-bond acceptors (Lipinski definition) is 6. The molecule has 4 rings (SSSR count). The molecule has 1 aromatic heterocycles. The van der Waals surface area contributed by atoms with Gasteiger partial charge in [0.25, 0.3) is 5.91 Å². The molecular weight excluding hydrogens is 476 g/mol. The van der Waals surface area contributed by atoms with Crippen LogP contribution in [-0.2, 0) is 16.0 Å². The molecule has 190 valence electrons. The van der Waals surface area contributed by atoms with Crippen LogP contribution in [0.5, 0.6) is 11.5 Å². The van der Waals surface area contributed by atoms with E-state index in [4.69, 9.17) is 14.2 Å². The number of amides is 2. The Morgan fingerprint density at radius 3 is 2.28 bits per heavy atom. The number of carbonyl (C=O) groups excluding carboxylic acids is 2. The molecule has 0 N–H and O–H groups in total. The maximum Gasteiger partial charge on any atom is 0.254 e. The molecule has 0 aliphatic carbocycles. The topological polar surface area (TPSA) is 68.3 Å². The molecule has 0 saturated heterocycles. The first kappa shape index (κ1) is 25.7. The Balaban J connectivity index is 1.58. The highest BCUT2D eigenvalue weighted by molar-refractivity contribution is 7.10. The van der Waals surface area contributed by atoms with Crippen LogP contribution in [0.1, 0.15) is 38.8 Å². The average molecular weight is 509 g/mol. The van der Waals surface area contributed by atoms with Crippen LogP contribution in [0.15, 0.2) is 60.0 Å². The van der Waals surface area contributed by atoms with Gasteiger partial charge in [-0.15, -0.1) is 11.3 Å². The van der Waals surface area contributed by atoms with E-state index in [1.807, 2.05) is 29.2 Å². The van der Waals surface area contributed by atoms with Gasteiger partial charge in [0.05, 0.1) is 20.3 Å². The van der Waals surface area contributed by atoms with Crippen molar-refractivity contribution in [3.05, 3.63) is 81.5 Å². The van der Waals surface area contributed by atoms with E-state index in [-0.39, 0.29) is 24.4 Å². The Kier molecular flexibility index (Phi) is 8.61. The highest BCUT2D eigenvalue weighted by atomic mass is 32.1. The largest absolute Gasteiger partial charge is 0.497 e. The third-order valence-electron chi connectivity index (χ3n) is 6.44. The summed E-state index contributed by atoms with van der Waals surface area (Å²) in [5.74, 6) is 1.19. The molecule has 7 nitrogen and oxygen atoms in total. The molecule has 0 fully saturated rings. The van der Waals surface area contributed by atoms with E-state index in [1.54, 1.807) is 61.8 Å². The normalized spacial score (nSPS) is 14.8. The number of rotatable bonds is 10. The third-order valence-corrected chi connectivity index (χ3v) is 7.44. The summed E-state index contributed by atoms with van der Waals surface area (Å²) in [4.78, 5) is 32.0. The number of benzene rings is 2. The van der Waals surface area contributed by atoms with Crippen molar-refractivity contribution in [3.8, 4) is 11.5 Å². The Morgan fingerprint density at radius 1 is 0.972 bits per heavy atom. The van der Waals surface area contributed by atoms with Crippen molar-refractivity contribution in [2.24, 2.45) is 0 Å². The van der Waals surface area contributed by atoms with Gasteiger partial charge in [0.2, 0.25) is 5.91 Å². The van der Waals surface area contributed by atoms with Crippen molar-refractivity contribution >= 4 is 23.2 Å². The summed E-state index contributed by atoms with van der Waals surface area (Å²) >= 11 is 1.73. The van der Waals surface area contributed by atoms with E-state index in [1.165, 1.54) is 4.88 Å². The lowest BCUT2D eigenvalue weighted by Crippen LogP contribution is -2.47. The van der Waals surface area contributed by atoms with Crippen LogP contribution in [0.4, 0.5) is 0 Å². The molecule has 2 amide bonds. The summed E-state index contributed by atoms with van der Waals surface area (Å²) in [5, 5.41) is 2.08. The Labute approximate surface area is 216 Å². The smallest absolute Gasteiger partial charge is 0.254 e. The van der Waals surface area contributed by atoms with Crippen LogP contribution in [-0.4, -0.2) is 69.2 Å². The summed E-state index contributed by atoms with van der Waals surface area (Å²) < 4.78 is 15.7. The second-order valence-corrected chi connectivity index (χ2v) is 9.61. The van der Waals surface area contributed by atoms with Crippen molar-refractivity contribution in [3.63, 3.8) is 0 Å². The second kappa shape index (κ2) is 12.1.